The van der Waals surface area contributed by atoms with Gasteiger partial charge in [-0.1, -0.05) is 12.1 Å². The first-order valence-electron chi connectivity index (χ1n) is 5.72. The van der Waals surface area contributed by atoms with Gasteiger partial charge >= 0.3 is 0 Å². The maximum absolute atomic E-state index is 12.2. The van der Waals surface area contributed by atoms with Crippen molar-refractivity contribution >= 4 is 10.9 Å². The van der Waals surface area contributed by atoms with Crippen molar-refractivity contribution in [3.8, 4) is 0 Å². The van der Waals surface area contributed by atoms with Gasteiger partial charge in [0.1, 0.15) is 0 Å². The van der Waals surface area contributed by atoms with Gasteiger partial charge in [-0.15, -0.1) is 0 Å². The number of benzene rings is 1. The monoisotopic (exact) mass is 359 g/mol. The molecule has 1 aromatic heterocycles. The number of aromatic nitrogens is 2. The normalized spacial score (nSPS) is 11.3. The van der Waals surface area contributed by atoms with E-state index in [9.17, 15) is 4.79 Å². The van der Waals surface area contributed by atoms with E-state index in [2.05, 4.69) is 26.1 Å². The molecular weight excluding hydrogens is 341 g/mol. The molecule has 0 spiro atoms. The van der Waals surface area contributed by atoms with E-state index in [4.69, 9.17) is 0 Å². The molecule has 0 bridgehead atoms. The Labute approximate surface area is 124 Å². The minimum Gasteiger partial charge on any atom is -1.00 e. The Kier molecular flexibility index (Phi) is 4.86. The molecule has 2 rings (SSSR count). The zero-order valence-corrected chi connectivity index (χ0v) is 13.1. The molecule has 0 aliphatic carbocycles. The lowest BCUT2D eigenvalue weighted by molar-refractivity contribution is -0.871. The molecule has 98 valence electrons. The second-order valence-electron chi connectivity index (χ2n) is 5.27. The first-order chi connectivity index (χ1) is 7.97. The molecule has 2 aromatic rings. The summed E-state index contributed by atoms with van der Waals surface area (Å²) in [5.41, 5.74) is 0.808. The van der Waals surface area contributed by atoms with Crippen LogP contribution in [0.4, 0.5) is 0 Å². The molecule has 0 atom stereocenters. The second kappa shape index (κ2) is 5.79. The SMILES string of the molecule is C[N+](C)(C)CCn1cnc2ccccc2c1=O.[I-]. The second-order valence-corrected chi connectivity index (χ2v) is 5.27. The number of hydrogen-bond acceptors (Lipinski definition) is 2. The van der Waals surface area contributed by atoms with E-state index in [1.54, 1.807) is 10.9 Å². The zero-order valence-electron chi connectivity index (χ0n) is 10.9. The summed E-state index contributed by atoms with van der Waals surface area (Å²) >= 11 is 0. The van der Waals surface area contributed by atoms with Gasteiger partial charge < -0.3 is 28.5 Å². The Morgan fingerprint density at radius 1 is 1.22 bits per heavy atom. The maximum Gasteiger partial charge on any atom is 0.261 e. The van der Waals surface area contributed by atoms with Gasteiger partial charge in [0.05, 0.1) is 51.5 Å². The predicted molar refractivity (Wildman–Crippen MR) is 68.9 cm³/mol. The van der Waals surface area contributed by atoms with Crippen LogP contribution in [0.3, 0.4) is 0 Å². The molecule has 0 aliphatic heterocycles. The Bertz CT molecular complexity index is 587. The summed E-state index contributed by atoms with van der Waals surface area (Å²) in [4.78, 5) is 16.5. The van der Waals surface area contributed by atoms with Crippen LogP contribution in [0.2, 0.25) is 0 Å². The first kappa shape index (κ1) is 15.1. The maximum atomic E-state index is 12.2. The van der Waals surface area contributed by atoms with Crippen LogP contribution in [-0.4, -0.2) is 41.7 Å². The number of likely N-dealkylation sites (N-methyl/N-ethyl adjacent to an activating group) is 1. The molecular formula is C13H18IN3O. The van der Waals surface area contributed by atoms with Gasteiger partial charge in [0.15, 0.2) is 0 Å². The van der Waals surface area contributed by atoms with E-state index >= 15 is 0 Å². The quantitative estimate of drug-likeness (QED) is 0.475. The van der Waals surface area contributed by atoms with E-state index in [0.29, 0.717) is 11.9 Å². The van der Waals surface area contributed by atoms with E-state index in [1.165, 1.54) is 0 Å². The topological polar surface area (TPSA) is 34.9 Å². The number of quaternary nitrogens is 1. The fourth-order valence-electron chi connectivity index (χ4n) is 1.67. The van der Waals surface area contributed by atoms with Crippen molar-refractivity contribution in [2.75, 3.05) is 27.7 Å². The van der Waals surface area contributed by atoms with Crippen LogP contribution < -0.4 is 29.5 Å². The Balaban J connectivity index is 0.00000162. The largest absolute Gasteiger partial charge is 1.00 e. The summed E-state index contributed by atoms with van der Waals surface area (Å²) < 4.78 is 2.52. The van der Waals surface area contributed by atoms with Crippen molar-refractivity contribution in [2.24, 2.45) is 0 Å². The number of halogens is 1. The minimum absolute atomic E-state index is 0. The van der Waals surface area contributed by atoms with Gasteiger partial charge in [0.25, 0.3) is 5.56 Å². The average Bonchev–Trinajstić information content (AvgIpc) is 2.27. The van der Waals surface area contributed by atoms with Gasteiger partial charge in [-0.2, -0.15) is 0 Å². The van der Waals surface area contributed by atoms with E-state index < -0.39 is 0 Å². The Morgan fingerprint density at radius 3 is 2.56 bits per heavy atom. The molecule has 0 saturated carbocycles. The van der Waals surface area contributed by atoms with Crippen LogP contribution in [0, 0.1) is 0 Å². The highest BCUT2D eigenvalue weighted by atomic mass is 127. The average molecular weight is 359 g/mol. The smallest absolute Gasteiger partial charge is 0.261 e. The number of nitrogens with zero attached hydrogens (tertiary/aromatic N) is 3. The Hall–Kier alpha value is -0.950. The number of fused-ring (bicyclic) bond motifs is 1. The van der Waals surface area contributed by atoms with Crippen molar-refractivity contribution in [1.82, 2.24) is 9.55 Å². The lowest BCUT2D eigenvalue weighted by atomic mass is 10.2. The molecule has 0 amide bonds. The summed E-state index contributed by atoms with van der Waals surface area (Å²) in [7, 11) is 6.33. The van der Waals surface area contributed by atoms with E-state index in [0.717, 1.165) is 16.5 Å². The minimum atomic E-state index is 0. The highest BCUT2D eigenvalue weighted by molar-refractivity contribution is 5.76. The molecule has 0 unspecified atom stereocenters. The number of rotatable bonds is 3. The number of hydrogen-bond donors (Lipinski definition) is 0. The van der Waals surface area contributed by atoms with Crippen LogP contribution in [0.5, 0.6) is 0 Å². The molecule has 1 aromatic carbocycles. The third-order valence-electron chi connectivity index (χ3n) is 2.74. The summed E-state index contributed by atoms with van der Waals surface area (Å²) in [6, 6.07) is 7.45. The molecule has 1 heterocycles. The van der Waals surface area contributed by atoms with Gasteiger partial charge in [-0.05, 0) is 12.1 Å². The van der Waals surface area contributed by atoms with Crippen LogP contribution in [-0.2, 0) is 6.54 Å². The van der Waals surface area contributed by atoms with Crippen molar-refractivity contribution in [2.45, 2.75) is 6.54 Å². The van der Waals surface area contributed by atoms with Gasteiger partial charge in [-0.3, -0.25) is 9.36 Å². The standard InChI is InChI=1S/C13H18N3O.HI/c1-16(2,3)9-8-15-10-14-12-7-5-4-6-11(12)13(15)17;/h4-7,10H,8-9H2,1-3H3;1H/q+1;/p-1. The first-order valence-corrected chi connectivity index (χ1v) is 5.72. The van der Waals surface area contributed by atoms with Crippen LogP contribution in [0.25, 0.3) is 10.9 Å². The Morgan fingerprint density at radius 2 is 1.89 bits per heavy atom. The van der Waals surface area contributed by atoms with Crippen molar-refractivity contribution in [1.29, 1.82) is 0 Å². The molecule has 0 fully saturated rings. The summed E-state index contributed by atoms with van der Waals surface area (Å²) in [5, 5.41) is 0.691. The van der Waals surface area contributed by atoms with Crippen LogP contribution >= 0.6 is 0 Å². The molecule has 0 N–H and O–H groups in total. The van der Waals surface area contributed by atoms with Crippen molar-refractivity contribution < 1.29 is 28.5 Å². The van der Waals surface area contributed by atoms with Gasteiger partial charge in [0, 0.05) is 0 Å². The van der Waals surface area contributed by atoms with E-state index in [1.807, 2.05) is 24.3 Å². The third-order valence-corrected chi connectivity index (χ3v) is 2.74. The summed E-state index contributed by atoms with van der Waals surface area (Å²) in [5.74, 6) is 0. The zero-order chi connectivity index (χ0) is 12.5. The highest BCUT2D eigenvalue weighted by Crippen LogP contribution is 2.04. The fourth-order valence-corrected chi connectivity index (χ4v) is 1.67. The number of para-hydroxylation sites is 1. The molecule has 18 heavy (non-hydrogen) atoms. The fraction of sp³-hybridized carbons (Fsp3) is 0.385. The summed E-state index contributed by atoms with van der Waals surface area (Å²) in [6.45, 7) is 1.60. The molecule has 0 radical (unpaired) electrons. The van der Waals surface area contributed by atoms with Crippen LogP contribution in [0.1, 0.15) is 0 Å². The van der Waals surface area contributed by atoms with Gasteiger partial charge in [-0.25, -0.2) is 4.98 Å². The summed E-state index contributed by atoms with van der Waals surface area (Å²) in [6.07, 6.45) is 1.64. The highest BCUT2D eigenvalue weighted by Gasteiger charge is 2.09. The molecule has 0 aliphatic rings. The van der Waals surface area contributed by atoms with Crippen LogP contribution in [0.15, 0.2) is 35.4 Å². The molecule has 0 saturated heterocycles. The predicted octanol–water partition coefficient (Wildman–Crippen LogP) is -1.89. The van der Waals surface area contributed by atoms with Crippen molar-refractivity contribution in [3.05, 3.63) is 40.9 Å². The molecule has 5 heteroatoms. The van der Waals surface area contributed by atoms with Gasteiger partial charge in [0.2, 0.25) is 0 Å². The lowest BCUT2D eigenvalue weighted by Crippen LogP contribution is -3.00. The van der Waals surface area contributed by atoms with E-state index in [-0.39, 0.29) is 29.5 Å². The lowest BCUT2D eigenvalue weighted by Gasteiger charge is -2.24. The van der Waals surface area contributed by atoms with Crippen molar-refractivity contribution in [3.63, 3.8) is 0 Å². The molecule has 4 nitrogen and oxygen atoms in total. The third kappa shape index (κ3) is 3.52.